The molecule has 1 amide bonds. The van der Waals surface area contributed by atoms with Crippen molar-refractivity contribution in [1.82, 2.24) is 0 Å². The maximum atomic E-state index is 12.1. The van der Waals surface area contributed by atoms with Crippen LogP contribution in [0, 0.1) is 0 Å². The zero-order chi connectivity index (χ0) is 14.8. The van der Waals surface area contributed by atoms with Gasteiger partial charge in [-0.3, -0.25) is 4.79 Å². The standard InChI is InChI=1S/C16H15NO3S/c17-15(18)12-3-1-10(2-4-12)9-20-16(19)14-13(7-8-21-14)11-5-6-11/h1-4,7-8,11H,5-6,9H2,(H2,17,18). The van der Waals surface area contributed by atoms with Crippen LogP contribution in [0.2, 0.25) is 0 Å². The van der Waals surface area contributed by atoms with Gasteiger partial charge in [-0.15, -0.1) is 11.3 Å². The fourth-order valence-corrected chi connectivity index (χ4v) is 3.06. The normalized spacial score (nSPS) is 13.9. The van der Waals surface area contributed by atoms with E-state index in [2.05, 4.69) is 0 Å². The fraction of sp³-hybridized carbons (Fsp3) is 0.250. The molecule has 1 aliphatic rings. The number of benzene rings is 1. The van der Waals surface area contributed by atoms with Crippen molar-refractivity contribution >= 4 is 23.2 Å². The third-order valence-electron chi connectivity index (χ3n) is 3.51. The van der Waals surface area contributed by atoms with Crippen LogP contribution in [-0.2, 0) is 11.3 Å². The minimum atomic E-state index is -0.466. The largest absolute Gasteiger partial charge is 0.457 e. The monoisotopic (exact) mass is 301 g/mol. The topological polar surface area (TPSA) is 69.4 Å². The second-order valence-electron chi connectivity index (χ2n) is 5.12. The number of nitrogens with two attached hydrogens (primary N) is 1. The van der Waals surface area contributed by atoms with Crippen LogP contribution < -0.4 is 5.73 Å². The van der Waals surface area contributed by atoms with Crippen molar-refractivity contribution in [3.05, 3.63) is 57.3 Å². The van der Waals surface area contributed by atoms with Gasteiger partial charge in [0.2, 0.25) is 5.91 Å². The molecular weight excluding hydrogens is 286 g/mol. The molecule has 1 heterocycles. The van der Waals surface area contributed by atoms with Gasteiger partial charge in [0.1, 0.15) is 11.5 Å². The van der Waals surface area contributed by atoms with Crippen molar-refractivity contribution in [2.75, 3.05) is 0 Å². The molecule has 0 radical (unpaired) electrons. The summed E-state index contributed by atoms with van der Waals surface area (Å²) in [5.41, 5.74) is 7.57. The molecule has 0 atom stereocenters. The second-order valence-corrected chi connectivity index (χ2v) is 6.03. The number of ether oxygens (including phenoxy) is 1. The Labute approximate surface area is 126 Å². The number of hydrogen-bond acceptors (Lipinski definition) is 4. The molecule has 5 heteroatoms. The van der Waals surface area contributed by atoms with E-state index in [-0.39, 0.29) is 12.6 Å². The van der Waals surface area contributed by atoms with E-state index in [1.165, 1.54) is 11.3 Å². The molecule has 21 heavy (non-hydrogen) atoms. The number of carbonyl (C=O) groups is 2. The van der Waals surface area contributed by atoms with E-state index < -0.39 is 5.91 Å². The highest BCUT2D eigenvalue weighted by Gasteiger charge is 2.29. The van der Waals surface area contributed by atoms with E-state index in [0.29, 0.717) is 16.4 Å². The SMILES string of the molecule is NC(=O)c1ccc(COC(=O)c2sccc2C2CC2)cc1. The molecule has 0 spiro atoms. The Morgan fingerprint density at radius 1 is 1.19 bits per heavy atom. The van der Waals surface area contributed by atoms with E-state index in [9.17, 15) is 9.59 Å². The lowest BCUT2D eigenvalue weighted by molar-refractivity contribution is 0.0477. The summed E-state index contributed by atoms with van der Waals surface area (Å²) in [5.74, 6) is -0.203. The highest BCUT2D eigenvalue weighted by atomic mass is 32.1. The van der Waals surface area contributed by atoms with Gasteiger partial charge < -0.3 is 10.5 Å². The number of thiophene rings is 1. The van der Waals surface area contributed by atoms with Gasteiger partial charge in [-0.1, -0.05) is 12.1 Å². The summed E-state index contributed by atoms with van der Waals surface area (Å²) in [5, 5.41) is 1.94. The van der Waals surface area contributed by atoms with Crippen LogP contribution in [0.3, 0.4) is 0 Å². The van der Waals surface area contributed by atoms with Gasteiger partial charge in [0.05, 0.1) is 0 Å². The Morgan fingerprint density at radius 3 is 2.52 bits per heavy atom. The summed E-state index contributed by atoms with van der Waals surface area (Å²) in [4.78, 5) is 23.8. The molecule has 108 valence electrons. The van der Waals surface area contributed by atoms with Crippen molar-refractivity contribution in [1.29, 1.82) is 0 Å². The van der Waals surface area contributed by atoms with Crippen molar-refractivity contribution in [2.45, 2.75) is 25.4 Å². The molecule has 2 aromatic rings. The average molecular weight is 301 g/mol. The zero-order valence-corrected chi connectivity index (χ0v) is 12.2. The predicted octanol–water partition coefficient (Wildman–Crippen LogP) is 3.08. The van der Waals surface area contributed by atoms with Crippen molar-refractivity contribution in [3.8, 4) is 0 Å². The van der Waals surface area contributed by atoms with Gasteiger partial charge in [0.25, 0.3) is 0 Å². The Balaban J connectivity index is 1.62. The first kappa shape index (κ1) is 13.8. The Hall–Kier alpha value is -2.14. The first-order valence-corrected chi connectivity index (χ1v) is 7.66. The lowest BCUT2D eigenvalue weighted by Crippen LogP contribution is -2.11. The van der Waals surface area contributed by atoms with Crippen LogP contribution in [0.15, 0.2) is 35.7 Å². The highest BCUT2D eigenvalue weighted by Crippen LogP contribution is 2.43. The number of carbonyl (C=O) groups excluding carboxylic acids is 2. The molecule has 1 saturated carbocycles. The Kier molecular flexibility index (Phi) is 3.75. The number of amides is 1. The predicted molar refractivity (Wildman–Crippen MR) is 80.4 cm³/mol. The molecule has 0 bridgehead atoms. The van der Waals surface area contributed by atoms with Gasteiger partial charge in [-0.25, -0.2) is 4.79 Å². The number of hydrogen-bond donors (Lipinski definition) is 1. The van der Waals surface area contributed by atoms with Crippen LogP contribution in [0.5, 0.6) is 0 Å². The molecule has 3 rings (SSSR count). The molecule has 2 N–H and O–H groups in total. The average Bonchev–Trinajstić information content (AvgIpc) is 3.22. The van der Waals surface area contributed by atoms with E-state index >= 15 is 0 Å². The lowest BCUT2D eigenvalue weighted by Gasteiger charge is -2.06. The molecule has 0 aliphatic heterocycles. The Morgan fingerprint density at radius 2 is 1.90 bits per heavy atom. The molecule has 0 unspecified atom stereocenters. The summed E-state index contributed by atoms with van der Waals surface area (Å²) < 4.78 is 5.35. The fourth-order valence-electron chi connectivity index (χ4n) is 2.18. The van der Waals surface area contributed by atoms with Crippen molar-refractivity contribution in [3.63, 3.8) is 0 Å². The van der Waals surface area contributed by atoms with E-state index in [1.807, 2.05) is 11.4 Å². The van der Waals surface area contributed by atoms with Crippen molar-refractivity contribution in [2.24, 2.45) is 5.73 Å². The second kappa shape index (κ2) is 5.69. The molecule has 1 aromatic heterocycles. The summed E-state index contributed by atoms with van der Waals surface area (Å²) in [6.07, 6.45) is 2.32. The Bertz CT molecular complexity index is 671. The number of esters is 1. The molecule has 1 fully saturated rings. The zero-order valence-electron chi connectivity index (χ0n) is 11.4. The van der Waals surface area contributed by atoms with Gasteiger partial charge in [-0.2, -0.15) is 0 Å². The van der Waals surface area contributed by atoms with Crippen LogP contribution in [0.25, 0.3) is 0 Å². The molecular formula is C16H15NO3S. The van der Waals surface area contributed by atoms with Gasteiger partial charge in [0.15, 0.2) is 0 Å². The first-order valence-electron chi connectivity index (χ1n) is 6.78. The third kappa shape index (κ3) is 3.13. The molecule has 1 aromatic carbocycles. The minimum absolute atomic E-state index is 0.194. The van der Waals surface area contributed by atoms with Crippen molar-refractivity contribution < 1.29 is 14.3 Å². The van der Waals surface area contributed by atoms with Crippen LogP contribution in [0.4, 0.5) is 0 Å². The van der Waals surface area contributed by atoms with E-state index in [4.69, 9.17) is 10.5 Å². The highest BCUT2D eigenvalue weighted by molar-refractivity contribution is 7.12. The summed E-state index contributed by atoms with van der Waals surface area (Å²) >= 11 is 1.43. The molecule has 4 nitrogen and oxygen atoms in total. The number of rotatable bonds is 5. The lowest BCUT2D eigenvalue weighted by atomic mass is 10.1. The molecule has 0 saturated heterocycles. The first-order chi connectivity index (χ1) is 10.1. The van der Waals surface area contributed by atoms with Crippen LogP contribution in [0.1, 0.15) is 49.9 Å². The van der Waals surface area contributed by atoms with Gasteiger partial charge in [-0.05, 0) is 53.5 Å². The summed E-state index contributed by atoms with van der Waals surface area (Å²) in [7, 11) is 0. The third-order valence-corrected chi connectivity index (χ3v) is 4.42. The van der Waals surface area contributed by atoms with Gasteiger partial charge in [0, 0.05) is 5.56 Å². The van der Waals surface area contributed by atoms with Gasteiger partial charge >= 0.3 is 5.97 Å². The van der Waals surface area contributed by atoms with Crippen LogP contribution in [-0.4, -0.2) is 11.9 Å². The molecule has 1 aliphatic carbocycles. The van der Waals surface area contributed by atoms with E-state index in [1.54, 1.807) is 24.3 Å². The van der Waals surface area contributed by atoms with E-state index in [0.717, 1.165) is 24.0 Å². The maximum Gasteiger partial charge on any atom is 0.348 e. The quantitative estimate of drug-likeness (QED) is 0.863. The minimum Gasteiger partial charge on any atom is -0.457 e. The van der Waals surface area contributed by atoms with Crippen LogP contribution >= 0.6 is 11.3 Å². The summed E-state index contributed by atoms with van der Waals surface area (Å²) in [6.45, 7) is 0.194. The maximum absolute atomic E-state index is 12.1. The smallest absolute Gasteiger partial charge is 0.348 e. The number of primary amides is 1. The summed E-state index contributed by atoms with van der Waals surface area (Å²) in [6, 6.07) is 8.76.